The molecule has 0 heterocycles. The third kappa shape index (κ3) is 1.71. The van der Waals surface area contributed by atoms with Crippen LogP contribution in [0.25, 0.3) is 0 Å². The summed E-state index contributed by atoms with van der Waals surface area (Å²) in [6, 6.07) is 0. The molecule has 0 unspecified atom stereocenters. The van der Waals surface area contributed by atoms with Gasteiger partial charge in [-0.05, 0) is 18.8 Å². The van der Waals surface area contributed by atoms with E-state index >= 15 is 0 Å². The summed E-state index contributed by atoms with van der Waals surface area (Å²) < 4.78 is 0. The fourth-order valence-electron chi connectivity index (χ4n) is 1.79. The van der Waals surface area contributed by atoms with Crippen LogP contribution in [-0.4, -0.2) is 16.6 Å². The lowest BCUT2D eigenvalue weighted by atomic mass is 9.77. The molecule has 3 nitrogen and oxygen atoms in total. The summed E-state index contributed by atoms with van der Waals surface area (Å²) in [4.78, 5) is 10.7. The van der Waals surface area contributed by atoms with Crippen molar-refractivity contribution >= 4 is 5.97 Å². The Morgan fingerprint density at radius 1 is 1.73 bits per heavy atom. The van der Waals surface area contributed by atoms with Gasteiger partial charge in [-0.1, -0.05) is 19.8 Å². The maximum atomic E-state index is 10.7. The molecule has 2 atom stereocenters. The average molecular weight is 157 g/mol. The molecule has 0 aliphatic heterocycles. The molecule has 0 radical (unpaired) electrons. The van der Waals surface area contributed by atoms with E-state index in [-0.39, 0.29) is 0 Å². The first-order valence-electron chi connectivity index (χ1n) is 4.07. The van der Waals surface area contributed by atoms with Crippen molar-refractivity contribution < 1.29 is 9.90 Å². The van der Waals surface area contributed by atoms with Gasteiger partial charge in [-0.25, -0.2) is 0 Å². The van der Waals surface area contributed by atoms with Gasteiger partial charge in [0.25, 0.3) is 0 Å². The molecule has 1 rings (SSSR count). The molecular weight excluding hydrogens is 142 g/mol. The number of nitrogens with two attached hydrogens (primary N) is 1. The second-order valence-corrected chi connectivity index (χ2v) is 3.66. The average Bonchev–Trinajstić information content (AvgIpc) is 1.86. The number of hydrogen-bond acceptors (Lipinski definition) is 2. The van der Waals surface area contributed by atoms with Crippen LogP contribution in [0, 0.1) is 5.92 Å². The molecule has 0 aromatic heterocycles. The highest BCUT2D eigenvalue weighted by atomic mass is 16.4. The Morgan fingerprint density at radius 3 is 2.73 bits per heavy atom. The molecule has 0 spiro atoms. The monoisotopic (exact) mass is 157 g/mol. The summed E-state index contributed by atoms with van der Waals surface area (Å²) in [6.45, 7) is 2.06. The fourth-order valence-corrected chi connectivity index (χ4v) is 1.79. The number of carbonyl (C=O) groups is 1. The predicted octanol–water partition coefficient (Wildman–Crippen LogP) is 0.979. The largest absolute Gasteiger partial charge is 0.480 e. The molecule has 0 bridgehead atoms. The molecule has 1 fully saturated rings. The van der Waals surface area contributed by atoms with Crippen molar-refractivity contribution in [1.29, 1.82) is 0 Å². The first kappa shape index (κ1) is 8.53. The van der Waals surface area contributed by atoms with Crippen LogP contribution < -0.4 is 5.73 Å². The topological polar surface area (TPSA) is 63.3 Å². The lowest BCUT2D eigenvalue weighted by Gasteiger charge is -2.32. The van der Waals surface area contributed by atoms with E-state index in [9.17, 15) is 4.79 Å². The summed E-state index contributed by atoms with van der Waals surface area (Å²) >= 11 is 0. The lowest BCUT2D eigenvalue weighted by molar-refractivity contribution is -0.145. The first-order valence-corrected chi connectivity index (χ1v) is 4.07. The first-order chi connectivity index (χ1) is 5.04. The predicted molar refractivity (Wildman–Crippen MR) is 42.2 cm³/mol. The van der Waals surface area contributed by atoms with Crippen LogP contribution in [0.1, 0.15) is 32.6 Å². The molecule has 0 saturated heterocycles. The molecule has 64 valence electrons. The molecule has 0 aromatic rings. The summed E-state index contributed by atoms with van der Waals surface area (Å²) in [5.41, 5.74) is 4.76. The summed E-state index contributed by atoms with van der Waals surface area (Å²) in [5, 5.41) is 8.79. The fraction of sp³-hybridized carbons (Fsp3) is 0.875. The van der Waals surface area contributed by atoms with Gasteiger partial charge < -0.3 is 10.8 Å². The van der Waals surface area contributed by atoms with Crippen molar-refractivity contribution in [3.8, 4) is 0 Å². The molecule has 3 N–H and O–H groups in total. The third-order valence-electron chi connectivity index (χ3n) is 2.46. The van der Waals surface area contributed by atoms with Gasteiger partial charge in [-0.15, -0.1) is 0 Å². The van der Waals surface area contributed by atoms with Crippen LogP contribution >= 0.6 is 0 Å². The standard InChI is InChI=1S/C8H15NO2/c1-6-3-2-4-8(9,5-6)7(10)11/h6H,2-5,9H2,1H3,(H,10,11)/t6-,8-/m1/s1. The van der Waals surface area contributed by atoms with Crippen molar-refractivity contribution in [3.05, 3.63) is 0 Å². The van der Waals surface area contributed by atoms with Gasteiger partial charge in [0.05, 0.1) is 0 Å². The Hall–Kier alpha value is -0.570. The van der Waals surface area contributed by atoms with E-state index in [0.29, 0.717) is 18.8 Å². The maximum Gasteiger partial charge on any atom is 0.323 e. The van der Waals surface area contributed by atoms with E-state index in [1.165, 1.54) is 0 Å². The number of rotatable bonds is 1. The van der Waals surface area contributed by atoms with Gasteiger partial charge in [0.15, 0.2) is 0 Å². The number of aliphatic carboxylic acids is 1. The summed E-state index contributed by atoms with van der Waals surface area (Å²) in [5.74, 6) is -0.381. The molecule has 1 aliphatic rings. The Kier molecular flexibility index (Phi) is 2.18. The normalized spacial score (nSPS) is 38.5. The molecule has 1 saturated carbocycles. The van der Waals surface area contributed by atoms with Crippen molar-refractivity contribution in [1.82, 2.24) is 0 Å². The van der Waals surface area contributed by atoms with Crippen LogP contribution in [0.15, 0.2) is 0 Å². The van der Waals surface area contributed by atoms with E-state index in [4.69, 9.17) is 10.8 Å². The minimum Gasteiger partial charge on any atom is -0.480 e. The van der Waals surface area contributed by atoms with E-state index in [1.807, 2.05) is 0 Å². The minimum absolute atomic E-state index is 0.463. The Balaban J connectivity index is 2.63. The van der Waals surface area contributed by atoms with Crippen molar-refractivity contribution in [3.63, 3.8) is 0 Å². The molecule has 3 heteroatoms. The highest BCUT2D eigenvalue weighted by Gasteiger charge is 2.37. The van der Waals surface area contributed by atoms with Crippen molar-refractivity contribution in [2.75, 3.05) is 0 Å². The van der Waals surface area contributed by atoms with E-state index in [1.54, 1.807) is 0 Å². The van der Waals surface area contributed by atoms with Crippen LogP contribution in [-0.2, 0) is 4.79 Å². The number of carboxylic acid groups (broad SMARTS) is 1. The number of carboxylic acids is 1. The highest BCUT2D eigenvalue weighted by molar-refractivity contribution is 5.78. The van der Waals surface area contributed by atoms with Gasteiger partial charge in [-0.2, -0.15) is 0 Å². The highest BCUT2D eigenvalue weighted by Crippen LogP contribution is 2.30. The van der Waals surface area contributed by atoms with Gasteiger partial charge >= 0.3 is 5.97 Å². The van der Waals surface area contributed by atoms with E-state index in [0.717, 1.165) is 12.8 Å². The Bertz CT molecular complexity index is 169. The van der Waals surface area contributed by atoms with Crippen molar-refractivity contribution in [2.45, 2.75) is 38.1 Å². The number of hydrogen-bond donors (Lipinski definition) is 2. The summed E-state index contributed by atoms with van der Waals surface area (Å²) in [6.07, 6.45) is 3.32. The third-order valence-corrected chi connectivity index (χ3v) is 2.46. The molecule has 11 heavy (non-hydrogen) atoms. The van der Waals surface area contributed by atoms with Gasteiger partial charge in [0.2, 0.25) is 0 Å². The second kappa shape index (κ2) is 2.81. The lowest BCUT2D eigenvalue weighted by Crippen LogP contribution is -2.50. The van der Waals surface area contributed by atoms with Crippen molar-refractivity contribution in [2.24, 2.45) is 11.7 Å². The van der Waals surface area contributed by atoms with Gasteiger partial charge in [0.1, 0.15) is 5.54 Å². The van der Waals surface area contributed by atoms with Gasteiger partial charge in [0, 0.05) is 0 Å². The smallest absolute Gasteiger partial charge is 0.323 e. The zero-order chi connectivity index (χ0) is 8.48. The Labute approximate surface area is 66.6 Å². The van der Waals surface area contributed by atoms with Crippen LogP contribution in [0.4, 0.5) is 0 Å². The van der Waals surface area contributed by atoms with E-state index in [2.05, 4.69) is 6.92 Å². The molecule has 0 aromatic carbocycles. The van der Waals surface area contributed by atoms with Crippen LogP contribution in [0.3, 0.4) is 0 Å². The van der Waals surface area contributed by atoms with E-state index < -0.39 is 11.5 Å². The van der Waals surface area contributed by atoms with Crippen LogP contribution in [0.5, 0.6) is 0 Å². The maximum absolute atomic E-state index is 10.7. The SMILES string of the molecule is C[C@@H]1CCC[C@](N)(C(=O)O)C1. The molecule has 0 amide bonds. The quantitative estimate of drug-likeness (QED) is 0.596. The minimum atomic E-state index is -0.933. The summed E-state index contributed by atoms with van der Waals surface area (Å²) in [7, 11) is 0. The Morgan fingerprint density at radius 2 is 2.36 bits per heavy atom. The van der Waals surface area contributed by atoms with Gasteiger partial charge in [-0.3, -0.25) is 4.79 Å². The molecular formula is C8H15NO2. The molecule has 1 aliphatic carbocycles. The van der Waals surface area contributed by atoms with Crippen LogP contribution in [0.2, 0.25) is 0 Å². The zero-order valence-electron chi connectivity index (χ0n) is 6.84. The zero-order valence-corrected chi connectivity index (χ0v) is 6.84. The second-order valence-electron chi connectivity index (χ2n) is 3.66.